The highest BCUT2D eigenvalue weighted by molar-refractivity contribution is 7.99. The van der Waals surface area contributed by atoms with Crippen LogP contribution in [0.4, 0.5) is 5.00 Å². The number of nitrogens with one attached hydrogen (secondary N) is 1. The zero-order chi connectivity index (χ0) is 25.7. The van der Waals surface area contributed by atoms with Crippen LogP contribution in [-0.2, 0) is 35.5 Å². The minimum Gasteiger partial charge on any atom is -0.485 e. The molecule has 0 aliphatic heterocycles. The summed E-state index contributed by atoms with van der Waals surface area (Å²) in [5.74, 6) is 1.13. The van der Waals surface area contributed by atoms with Crippen molar-refractivity contribution in [3.63, 3.8) is 0 Å². The van der Waals surface area contributed by atoms with E-state index >= 15 is 0 Å². The number of amides is 1. The van der Waals surface area contributed by atoms with Gasteiger partial charge in [0, 0.05) is 11.4 Å². The number of carbonyl (C=O) groups excluding carboxylic acids is 2. The molecule has 1 aliphatic rings. The molecule has 1 N–H and O–H groups in total. The first-order chi connectivity index (χ1) is 17.4. The Morgan fingerprint density at radius 3 is 2.75 bits per heavy atom. The molecule has 0 fully saturated rings. The third-order valence-corrected chi connectivity index (χ3v) is 8.22. The summed E-state index contributed by atoms with van der Waals surface area (Å²) >= 11 is 2.81. The SMILES string of the molecule is CCOC(=O)c1c(NC(=O)CSc2nnc(COc3cc(C)ccc3C)n2CC)sc2c1CCCC2. The molecule has 192 valence electrons. The van der Waals surface area contributed by atoms with Gasteiger partial charge >= 0.3 is 5.97 Å². The summed E-state index contributed by atoms with van der Waals surface area (Å²) in [6.07, 6.45) is 3.92. The van der Waals surface area contributed by atoms with Crippen LogP contribution in [0, 0.1) is 13.8 Å². The van der Waals surface area contributed by atoms with E-state index in [1.54, 1.807) is 6.92 Å². The van der Waals surface area contributed by atoms with Crippen LogP contribution in [0.15, 0.2) is 23.4 Å². The van der Waals surface area contributed by atoms with Gasteiger partial charge in [0.25, 0.3) is 0 Å². The maximum atomic E-state index is 12.9. The highest BCUT2D eigenvalue weighted by atomic mass is 32.2. The molecular weight excluding hydrogens is 496 g/mol. The van der Waals surface area contributed by atoms with Crippen molar-refractivity contribution in [2.45, 2.75) is 71.7 Å². The van der Waals surface area contributed by atoms with Crippen molar-refractivity contribution in [1.29, 1.82) is 0 Å². The van der Waals surface area contributed by atoms with Gasteiger partial charge in [-0.3, -0.25) is 4.79 Å². The number of anilines is 1. The number of aromatic nitrogens is 3. The molecule has 0 atom stereocenters. The van der Waals surface area contributed by atoms with E-state index < -0.39 is 0 Å². The molecule has 0 saturated carbocycles. The molecule has 0 radical (unpaired) electrons. The van der Waals surface area contributed by atoms with Crippen LogP contribution < -0.4 is 10.1 Å². The Bertz CT molecular complexity index is 1250. The van der Waals surface area contributed by atoms with Gasteiger partial charge in [-0.15, -0.1) is 21.5 Å². The lowest BCUT2D eigenvalue weighted by Crippen LogP contribution is -2.17. The molecule has 36 heavy (non-hydrogen) atoms. The summed E-state index contributed by atoms with van der Waals surface area (Å²) in [7, 11) is 0. The first kappa shape index (κ1) is 26.2. The molecule has 1 amide bonds. The Morgan fingerprint density at radius 1 is 1.17 bits per heavy atom. The number of fused-ring (bicyclic) bond motifs is 1. The van der Waals surface area contributed by atoms with Crippen molar-refractivity contribution in [3.8, 4) is 5.75 Å². The lowest BCUT2D eigenvalue weighted by atomic mass is 9.95. The van der Waals surface area contributed by atoms with E-state index in [1.807, 2.05) is 37.5 Å². The summed E-state index contributed by atoms with van der Waals surface area (Å²) in [5, 5.41) is 12.8. The number of esters is 1. The molecule has 0 bridgehead atoms. The second-order valence-corrected chi connectivity index (χ2v) is 10.7. The fraction of sp³-hybridized carbons (Fsp3) is 0.462. The average molecular weight is 529 g/mol. The van der Waals surface area contributed by atoms with E-state index in [9.17, 15) is 9.59 Å². The maximum Gasteiger partial charge on any atom is 0.341 e. The van der Waals surface area contributed by atoms with Crippen molar-refractivity contribution in [2.75, 3.05) is 17.7 Å². The Balaban J connectivity index is 1.41. The van der Waals surface area contributed by atoms with Crippen molar-refractivity contribution < 1.29 is 19.1 Å². The highest BCUT2D eigenvalue weighted by Gasteiger charge is 2.27. The Morgan fingerprint density at radius 2 is 1.97 bits per heavy atom. The van der Waals surface area contributed by atoms with Gasteiger partial charge in [-0.1, -0.05) is 23.9 Å². The fourth-order valence-corrected chi connectivity index (χ4v) is 6.34. The van der Waals surface area contributed by atoms with Gasteiger partial charge in [0.05, 0.1) is 17.9 Å². The van der Waals surface area contributed by atoms with Gasteiger partial charge in [-0.05, 0) is 76.1 Å². The monoisotopic (exact) mass is 528 g/mol. The lowest BCUT2D eigenvalue weighted by molar-refractivity contribution is -0.113. The summed E-state index contributed by atoms with van der Waals surface area (Å²) in [5.41, 5.74) is 3.75. The molecule has 2 aromatic heterocycles. The van der Waals surface area contributed by atoms with Gasteiger partial charge in [0.15, 0.2) is 11.0 Å². The predicted octanol–water partition coefficient (Wildman–Crippen LogP) is 5.34. The quantitative estimate of drug-likeness (QED) is 0.280. The molecule has 4 rings (SSSR count). The molecule has 8 nitrogen and oxygen atoms in total. The van der Waals surface area contributed by atoms with E-state index in [4.69, 9.17) is 9.47 Å². The molecule has 1 aromatic carbocycles. The number of rotatable bonds is 10. The van der Waals surface area contributed by atoms with Crippen molar-refractivity contribution in [3.05, 3.63) is 51.2 Å². The third kappa shape index (κ3) is 5.92. The Labute approximate surface area is 219 Å². The maximum absolute atomic E-state index is 12.9. The summed E-state index contributed by atoms with van der Waals surface area (Å²) in [4.78, 5) is 26.7. The first-order valence-corrected chi connectivity index (χ1v) is 14.1. The second-order valence-electron chi connectivity index (χ2n) is 8.67. The molecule has 1 aliphatic carbocycles. The highest BCUT2D eigenvalue weighted by Crippen LogP contribution is 2.38. The van der Waals surface area contributed by atoms with E-state index in [0.29, 0.717) is 41.3 Å². The number of thiophene rings is 1. The number of hydrogen-bond donors (Lipinski definition) is 1. The smallest absolute Gasteiger partial charge is 0.341 e. The zero-order valence-electron chi connectivity index (χ0n) is 21.2. The minimum atomic E-state index is -0.362. The fourth-order valence-electron chi connectivity index (χ4n) is 4.22. The van der Waals surface area contributed by atoms with Crippen LogP contribution in [0.1, 0.15) is 64.4 Å². The molecule has 0 saturated heterocycles. The van der Waals surface area contributed by atoms with E-state index in [2.05, 4.69) is 21.6 Å². The van der Waals surface area contributed by atoms with E-state index in [-0.39, 0.29) is 17.6 Å². The number of benzene rings is 1. The average Bonchev–Trinajstić information content (AvgIpc) is 3.43. The molecule has 2 heterocycles. The predicted molar refractivity (Wildman–Crippen MR) is 142 cm³/mol. The summed E-state index contributed by atoms with van der Waals surface area (Å²) in [6, 6.07) is 6.10. The van der Waals surface area contributed by atoms with Crippen LogP contribution in [0.25, 0.3) is 0 Å². The van der Waals surface area contributed by atoms with Gasteiger partial charge in [-0.25, -0.2) is 4.79 Å². The first-order valence-electron chi connectivity index (χ1n) is 12.3. The molecule has 3 aromatic rings. The molecule has 0 unspecified atom stereocenters. The minimum absolute atomic E-state index is 0.154. The van der Waals surface area contributed by atoms with Crippen LogP contribution in [0.5, 0.6) is 5.75 Å². The second kappa shape index (κ2) is 11.9. The van der Waals surface area contributed by atoms with Crippen LogP contribution in [-0.4, -0.2) is 39.0 Å². The molecular formula is C26H32N4O4S2. The van der Waals surface area contributed by atoms with E-state index in [1.165, 1.54) is 28.0 Å². The number of nitrogens with zero attached hydrogens (tertiary/aromatic N) is 3. The largest absolute Gasteiger partial charge is 0.485 e. The zero-order valence-corrected chi connectivity index (χ0v) is 22.8. The number of thioether (sulfide) groups is 1. The summed E-state index contributed by atoms with van der Waals surface area (Å²) in [6.45, 7) is 9.09. The number of hydrogen-bond acceptors (Lipinski definition) is 8. The molecule has 0 spiro atoms. The van der Waals surface area contributed by atoms with Crippen molar-refractivity contribution in [1.82, 2.24) is 14.8 Å². The van der Waals surface area contributed by atoms with E-state index in [0.717, 1.165) is 48.1 Å². The number of carbonyl (C=O) groups is 2. The van der Waals surface area contributed by atoms with Crippen molar-refractivity contribution >= 4 is 40.0 Å². The lowest BCUT2D eigenvalue weighted by Gasteiger charge is -2.12. The molecule has 10 heteroatoms. The van der Waals surface area contributed by atoms with Gasteiger partial charge in [-0.2, -0.15) is 0 Å². The number of aryl methyl sites for hydroxylation is 3. The Hall–Kier alpha value is -2.85. The van der Waals surface area contributed by atoms with Gasteiger partial charge < -0.3 is 19.4 Å². The Kier molecular flexibility index (Phi) is 8.68. The van der Waals surface area contributed by atoms with Gasteiger partial charge in [0.1, 0.15) is 17.4 Å². The summed E-state index contributed by atoms with van der Waals surface area (Å²) < 4.78 is 13.2. The van der Waals surface area contributed by atoms with Crippen LogP contribution >= 0.6 is 23.1 Å². The topological polar surface area (TPSA) is 95.3 Å². The van der Waals surface area contributed by atoms with Crippen LogP contribution in [0.3, 0.4) is 0 Å². The normalized spacial score (nSPS) is 12.8. The third-order valence-electron chi connectivity index (χ3n) is 6.05. The number of ether oxygens (including phenoxy) is 2. The van der Waals surface area contributed by atoms with Crippen LogP contribution in [0.2, 0.25) is 0 Å². The van der Waals surface area contributed by atoms with Gasteiger partial charge in [0.2, 0.25) is 5.91 Å². The standard InChI is InChI=1S/C26H32N4O4S2/c1-5-30-21(14-34-19-13-16(3)11-12-17(19)4)28-29-26(30)35-15-22(31)27-24-23(25(32)33-6-2)18-9-7-8-10-20(18)36-24/h11-13H,5-10,14-15H2,1-4H3,(H,27,31). The van der Waals surface area contributed by atoms with Crippen molar-refractivity contribution in [2.24, 2.45) is 0 Å².